The van der Waals surface area contributed by atoms with Crippen molar-refractivity contribution in [3.05, 3.63) is 101 Å². The average molecular weight is 507 g/mol. The number of nitrogens with zero attached hydrogens (tertiary/aromatic N) is 3. The molecule has 0 amide bonds. The standard InChI is InChI=1S/C29H26N6O3/c1-18-13-20(35-12-11-30-17-35)14-24-27(18)34-28(33-24)26-23(9-10-31-29(26)37)32-15-21(36)16-38-25-8-4-6-19-5-2-3-7-22(19)25/h2-14,17,21,36H,15-16H2,1H3,(H,33,34)(H2,31,32,37). The molecule has 6 aromatic rings. The maximum Gasteiger partial charge on any atom is 0.261 e. The fourth-order valence-electron chi connectivity index (χ4n) is 4.61. The Morgan fingerprint density at radius 2 is 2.00 bits per heavy atom. The summed E-state index contributed by atoms with van der Waals surface area (Å²) in [6, 6.07) is 19.5. The second-order valence-electron chi connectivity index (χ2n) is 9.13. The van der Waals surface area contributed by atoms with E-state index in [1.165, 1.54) is 0 Å². The molecule has 3 heterocycles. The summed E-state index contributed by atoms with van der Waals surface area (Å²) in [6.07, 6.45) is 6.09. The second kappa shape index (κ2) is 9.87. The minimum atomic E-state index is -0.809. The topological polar surface area (TPSA) is 121 Å². The summed E-state index contributed by atoms with van der Waals surface area (Å²) in [5.74, 6) is 1.16. The van der Waals surface area contributed by atoms with E-state index in [9.17, 15) is 9.90 Å². The molecule has 0 fully saturated rings. The van der Waals surface area contributed by atoms with Gasteiger partial charge in [-0.2, -0.15) is 0 Å². The van der Waals surface area contributed by atoms with Crippen LogP contribution in [0.4, 0.5) is 5.69 Å². The van der Waals surface area contributed by atoms with Crippen LogP contribution < -0.4 is 15.6 Å². The van der Waals surface area contributed by atoms with E-state index in [1.54, 1.807) is 24.8 Å². The summed E-state index contributed by atoms with van der Waals surface area (Å²) < 4.78 is 7.83. The second-order valence-corrected chi connectivity index (χ2v) is 9.13. The lowest BCUT2D eigenvalue weighted by molar-refractivity contribution is 0.118. The molecule has 0 aliphatic carbocycles. The number of aromatic nitrogens is 5. The zero-order valence-electron chi connectivity index (χ0n) is 20.7. The molecule has 0 spiro atoms. The maximum absolute atomic E-state index is 12.9. The Kier molecular flexibility index (Phi) is 6.11. The highest BCUT2D eigenvalue weighted by atomic mass is 16.5. The minimum Gasteiger partial charge on any atom is -0.490 e. The predicted octanol–water partition coefficient (Wildman–Crippen LogP) is 4.42. The number of hydrogen-bond acceptors (Lipinski definition) is 6. The van der Waals surface area contributed by atoms with Crippen LogP contribution in [0.1, 0.15) is 5.56 Å². The Morgan fingerprint density at radius 1 is 1.13 bits per heavy atom. The molecule has 9 heteroatoms. The Balaban J connectivity index is 1.22. The average Bonchev–Trinajstić information content (AvgIpc) is 3.61. The first-order valence-electron chi connectivity index (χ1n) is 12.3. The lowest BCUT2D eigenvalue weighted by atomic mass is 10.1. The van der Waals surface area contributed by atoms with Crippen LogP contribution in [0.2, 0.25) is 0 Å². The first-order valence-corrected chi connectivity index (χ1v) is 12.3. The van der Waals surface area contributed by atoms with Crippen molar-refractivity contribution in [3.63, 3.8) is 0 Å². The number of anilines is 1. The number of aromatic amines is 2. The van der Waals surface area contributed by atoms with E-state index >= 15 is 0 Å². The van der Waals surface area contributed by atoms with Gasteiger partial charge in [0.15, 0.2) is 0 Å². The third kappa shape index (κ3) is 4.51. The highest BCUT2D eigenvalue weighted by Gasteiger charge is 2.17. The molecular formula is C29H26N6O3. The maximum atomic E-state index is 12.9. The van der Waals surface area contributed by atoms with Crippen LogP contribution in [0.3, 0.4) is 0 Å². The summed E-state index contributed by atoms with van der Waals surface area (Å²) >= 11 is 0. The normalized spacial score (nSPS) is 12.2. The van der Waals surface area contributed by atoms with Gasteiger partial charge in [0.25, 0.3) is 5.56 Å². The fourth-order valence-corrected chi connectivity index (χ4v) is 4.61. The van der Waals surface area contributed by atoms with Gasteiger partial charge in [-0.25, -0.2) is 9.97 Å². The Hall–Kier alpha value is -4.89. The number of H-pyrrole nitrogens is 2. The van der Waals surface area contributed by atoms with Gasteiger partial charge >= 0.3 is 0 Å². The number of hydrogen-bond donors (Lipinski definition) is 4. The van der Waals surface area contributed by atoms with Crippen molar-refractivity contribution in [1.29, 1.82) is 0 Å². The fraction of sp³-hybridized carbons (Fsp3) is 0.138. The molecule has 9 nitrogen and oxygen atoms in total. The van der Waals surface area contributed by atoms with E-state index < -0.39 is 6.10 Å². The van der Waals surface area contributed by atoms with E-state index in [0.29, 0.717) is 22.8 Å². The van der Waals surface area contributed by atoms with Crippen LogP contribution in [0.5, 0.6) is 5.75 Å². The van der Waals surface area contributed by atoms with E-state index in [-0.39, 0.29) is 18.7 Å². The first kappa shape index (κ1) is 23.5. The summed E-state index contributed by atoms with van der Waals surface area (Å²) in [5, 5.41) is 15.9. The SMILES string of the molecule is Cc1cc(-n2ccnc2)cc2[nH]c(-c3c(NCC(O)COc4cccc5ccccc45)cc[nH]c3=O)nc12. The molecule has 0 saturated heterocycles. The number of fused-ring (bicyclic) bond motifs is 2. The van der Waals surface area contributed by atoms with Crippen molar-refractivity contribution in [1.82, 2.24) is 24.5 Å². The number of aryl methyl sites for hydroxylation is 1. The molecule has 1 atom stereocenters. The van der Waals surface area contributed by atoms with Crippen LogP contribution in [0.15, 0.2) is 90.4 Å². The molecule has 6 rings (SSSR count). The number of pyridine rings is 1. The first-order chi connectivity index (χ1) is 18.6. The lowest BCUT2D eigenvalue weighted by Crippen LogP contribution is -2.27. The predicted molar refractivity (Wildman–Crippen MR) is 148 cm³/mol. The van der Waals surface area contributed by atoms with Gasteiger partial charge in [0.05, 0.1) is 23.0 Å². The number of benzene rings is 3. The molecule has 0 saturated carbocycles. The molecule has 3 aromatic carbocycles. The minimum absolute atomic E-state index is 0.0976. The lowest BCUT2D eigenvalue weighted by Gasteiger charge is -2.16. The van der Waals surface area contributed by atoms with Crippen molar-refractivity contribution < 1.29 is 9.84 Å². The summed E-state index contributed by atoms with van der Waals surface area (Å²) in [7, 11) is 0. The quantitative estimate of drug-likeness (QED) is 0.243. The van der Waals surface area contributed by atoms with E-state index in [4.69, 9.17) is 9.72 Å². The number of aliphatic hydroxyl groups is 1. The zero-order chi connectivity index (χ0) is 26.1. The summed E-state index contributed by atoms with van der Waals surface area (Å²) in [4.78, 5) is 27.8. The third-order valence-corrected chi connectivity index (χ3v) is 6.47. The Bertz CT molecular complexity index is 1780. The third-order valence-electron chi connectivity index (χ3n) is 6.47. The van der Waals surface area contributed by atoms with Gasteiger partial charge in [0, 0.05) is 36.2 Å². The smallest absolute Gasteiger partial charge is 0.261 e. The molecule has 3 aromatic heterocycles. The highest BCUT2D eigenvalue weighted by molar-refractivity contribution is 5.88. The van der Waals surface area contributed by atoms with Crippen molar-refractivity contribution in [2.45, 2.75) is 13.0 Å². The number of ether oxygens (including phenoxy) is 1. The zero-order valence-corrected chi connectivity index (χ0v) is 20.7. The summed E-state index contributed by atoms with van der Waals surface area (Å²) in [6.45, 7) is 2.26. The molecule has 0 bridgehead atoms. The van der Waals surface area contributed by atoms with Crippen molar-refractivity contribution >= 4 is 27.5 Å². The van der Waals surface area contributed by atoms with Crippen LogP contribution in [0, 0.1) is 6.92 Å². The number of rotatable bonds is 8. The van der Waals surface area contributed by atoms with Gasteiger partial charge in [-0.05, 0) is 42.1 Å². The van der Waals surface area contributed by atoms with Gasteiger partial charge in [0.1, 0.15) is 29.8 Å². The van der Waals surface area contributed by atoms with Crippen LogP contribution in [0.25, 0.3) is 38.9 Å². The van der Waals surface area contributed by atoms with Gasteiger partial charge < -0.3 is 29.7 Å². The van der Waals surface area contributed by atoms with Crippen LogP contribution in [-0.4, -0.2) is 48.9 Å². The molecule has 0 aliphatic heterocycles. The highest BCUT2D eigenvalue weighted by Crippen LogP contribution is 2.28. The largest absolute Gasteiger partial charge is 0.490 e. The van der Waals surface area contributed by atoms with Gasteiger partial charge in [0.2, 0.25) is 0 Å². The van der Waals surface area contributed by atoms with Gasteiger partial charge in [-0.15, -0.1) is 0 Å². The molecule has 1 unspecified atom stereocenters. The number of imidazole rings is 2. The van der Waals surface area contributed by atoms with Crippen LogP contribution in [-0.2, 0) is 0 Å². The number of nitrogens with one attached hydrogen (secondary N) is 3. The van der Waals surface area contributed by atoms with Gasteiger partial charge in [-0.1, -0.05) is 36.4 Å². The van der Waals surface area contributed by atoms with Crippen molar-refractivity contribution in [2.75, 3.05) is 18.5 Å². The number of aliphatic hydroxyl groups excluding tert-OH is 1. The monoisotopic (exact) mass is 506 g/mol. The van der Waals surface area contributed by atoms with Crippen molar-refractivity contribution in [2.24, 2.45) is 0 Å². The Labute approximate surface area is 217 Å². The molecule has 190 valence electrons. The molecule has 0 aliphatic rings. The van der Waals surface area contributed by atoms with Crippen LogP contribution >= 0.6 is 0 Å². The molecule has 38 heavy (non-hydrogen) atoms. The molecular weight excluding hydrogens is 480 g/mol. The van der Waals surface area contributed by atoms with E-state index in [1.807, 2.05) is 72.3 Å². The molecule has 0 radical (unpaired) electrons. The molecule has 4 N–H and O–H groups in total. The van der Waals surface area contributed by atoms with E-state index in [2.05, 4.69) is 20.3 Å². The van der Waals surface area contributed by atoms with E-state index in [0.717, 1.165) is 33.1 Å². The van der Waals surface area contributed by atoms with Crippen molar-refractivity contribution in [3.8, 4) is 22.8 Å². The Morgan fingerprint density at radius 3 is 2.87 bits per heavy atom. The summed E-state index contributed by atoms with van der Waals surface area (Å²) in [5.41, 5.74) is 4.14. The van der Waals surface area contributed by atoms with Gasteiger partial charge in [-0.3, -0.25) is 4.79 Å².